The molecule has 1 aromatic heterocycles. The Bertz CT molecular complexity index is 1950. The fourth-order valence-electron chi connectivity index (χ4n) is 5.95. The van der Waals surface area contributed by atoms with Crippen molar-refractivity contribution in [2.75, 3.05) is 18.0 Å². The van der Waals surface area contributed by atoms with Crippen molar-refractivity contribution in [1.82, 2.24) is 0 Å². The lowest BCUT2D eigenvalue weighted by atomic mass is 9.87. The Balaban J connectivity index is 1.42. The lowest BCUT2D eigenvalue weighted by Gasteiger charge is -2.28. The van der Waals surface area contributed by atoms with Crippen molar-refractivity contribution in [3.8, 4) is 11.8 Å². The average Bonchev–Trinajstić information content (AvgIpc) is 3.74. The van der Waals surface area contributed by atoms with Crippen molar-refractivity contribution in [3.05, 3.63) is 158 Å². The van der Waals surface area contributed by atoms with Gasteiger partial charge in [-0.2, -0.15) is 5.26 Å². The normalized spacial score (nSPS) is 16.8. The van der Waals surface area contributed by atoms with Crippen LogP contribution < -0.4 is 9.64 Å². The van der Waals surface area contributed by atoms with Gasteiger partial charge in [0.15, 0.2) is 0 Å². The lowest BCUT2D eigenvalue weighted by Crippen LogP contribution is -2.25. The molecule has 0 spiro atoms. The first-order chi connectivity index (χ1) is 24.4. The first-order valence-corrected chi connectivity index (χ1v) is 18.2. The predicted octanol–water partition coefficient (Wildman–Crippen LogP) is 11.8. The Labute approximate surface area is 301 Å². The average molecular weight is 680 g/mol. The number of allylic oxidation sites excluding steroid dienone is 1. The largest absolute Gasteiger partial charge is 0.489 e. The van der Waals surface area contributed by atoms with Gasteiger partial charge < -0.3 is 14.4 Å². The van der Waals surface area contributed by atoms with Gasteiger partial charge >= 0.3 is 0 Å². The summed E-state index contributed by atoms with van der Waals surface area (Å²) in [5.74, 6) is 1.22. The highest BCUT2D eigenvalue weighted by Crippen LogP contribution is 2.47. The summed E-state index contributed by atoms with van der Waals surface area (Å²) in [5, 5.41) is 9.63. The number of benzene rings is 3. The molecule has 0 N–H and O–H groups in total. The van der Waals surface area contributed by atoms with Gasteiger partial charge in [-0.25, -0.2) is 4.85 Å². The van der Waals surface area contributed by atoms with Gasteiger partial charge in [0.1, 0.15) is 23.7 Å². The maximum absolute atomic E-state index is 9.63. The van der Waals surface area contributed by atoms with E-state index in [0.29, 0.717) is 23.6 Å². The van der Waals surface area contributed by atoms with Gasteiger partial charge in [-0.3, -0.25) is 0 Å². The molecular weight excluding hydrogens is 635 g/mol. The molecule has 1 unspecified atom stereocenters. The molecule has 5 rings (SSSR count). The summed E-state index contributed by atoms with van der Waals surface area (Å²) in [5.41, 5.74) is 4.89. The highest BCUT2D eigenvalue weighted by atomic mass is 32.1. The van der Waals surface area contributed by atoms with E-state index >= 15 is 0 Å². The van der Waals surface area contributed by atoms with Crippen LogP contribution in [-0.2, 0) is 16.9 Å². The first-order valence-electron chi connectivity index (χ1n) is 17.4. The van der Waals surface area contributed by atoms with Crippen LogP contribution in [0.1, 0.15) is 79.8 Å². The number of rotatable bonds is 15. The van der Waals surface area contributed by atoms with Crippen molar-refractivity contribution >= 4 is 35.3 Å². The zero-order chi connectivity index (χ0) is 35.3. The van der Waals surface area contributed by atoms with Gasteiger partial charge in [-0.15, -0.1) is 11.3 Å². The van der Waals surface area contributed by atoms with E-state index in [2.05, 4.69) is 84.3 Å². The summed E-state index contributed by atoms with van der Waals surface area (Å²) in [6.45, 7) is 18.7. The van der Waals surface area contributed by atoms with Crippen molar-refractivity contribution in [2.24, 2.45) is 0 Å². The van der Waals surface area contributed by atoms with E-state index < -0.39 is 5.60 Å². The predicted molar refractivity (Wildman–Crippen MR) is 208 cm³/mol. The zero-order valence-electron chi connectivity index (χ0n) is 29.5. The topological polar surface area (TPSA) is 49.9 Å². The van der Waals surface area contributed by atoms with Crippen molar-refractivity contribution in [3.63, 3.8) is 0 Å². The van der Waals surface area contributed by atoms with Crippen molar-refractivity contribution in [2.45, 2.75) is 65.6 Å². The van der Waals surface area contributed by atoms with Crippen molar-refractivity contribution in [1.29, 1.82) is 5.26 Å². The molecule has 3 aromatic carbocycles. The van der Waals surface area contributed by atoms with Gasteiger partial charge in [0.2, 0.25) is 5.70 Å². The molecular formula is C44H45N3O2S. The first kappa shape index (κ1) is 36.0. The van der Waals surface area contributed by atoms with E-state index in [-0.39, 0.29) is 0 Å². The molecule has 0 amide bonds. The molecule has 50 heavy (non-hydrogen) atoms. The third-order valence-corrected chi connectivity index (χ3v) is 9.90. The van der Waals surface area contributed by atoms with E-state index in [1.807, 2.05) is 67.6 Å². The van der Waals surface area contributed by atoms with Gasteiger partial charge in [0.05, 0.1) is 18.2 Å². The molecule has 2 heterocycles. The second kappa shape index (κ2) is 17.4. The Morgan fingerprint density at radius 1 is 0.900 bits per heavy atom. The number of nitrogens with zero attached hydrogens (tertiary/aromatic N) is 3. The molecule has 0 saturated carbocycles. The van der Waals surface area contributed by atoms with Crippen LogP contribution >= 0.6 is 11.3 Å². The number of nitriles is 1. The van der Waals surface area contributed by atoms with Crippen molar-refractivity contribution < 1.29 is 9.47 Å². The number of anilines is 1. The van der Waals surface area contributed by atoms with Crippen LogP contribution in [0.3, 0.4) is 0 Å². The van der Waals surface area contributed by atoms with Crippen LogP contribution in [0.5, 0.6) is 5.75 Å². The molecule has 0 fully saturated rings. The molecule has 1 atom stereocenters. The van der Waals surface area contributed by atoms with Gasteiger partial charge in [0.25, 0.3) is 0 Å². The summed E-state index contributed by atoms with van der Waals surface area (Å²) in [6, 6.07) is 33.1. The molecule has 0 bridgehead atoms. The quantitative estimate of drug-likeness (QED) is 0.0927. The minimum Gasteiger partial charge on any atom is -0.489 e. The highest BCUT2D eigenvalue weighted by molar-refractivity contribution is 7.13. The molecule has 254 valence electrons. The third-order valence-electron chi connectivity index (χ3n) is 8.89. The molecule has 4 aromatic rings. The van der Waals surface area contributed by atoms with E-state index in [1.54, 1.807) is 18.3 Å². The maximum Gasteiger partial charge on any atom is 0.236 e. The van der Waals surface area contributed by atoms with Gasteiger partial charge in [-0.05, 0) is 80.3 Å². The molecule has 0 aliphatic carbocycles. The van der Waals surface area contributed by atoms with Gasteiger partial charge in [0, 0.05) is 45.7 Å². The minimum atomic E-state index is -0.893. The SMILES string of the molecule is [C-]#[N+]C1=C(/C=C/c2ccc(/C=C/c3ccc(N(CCCC)CCCC)cc3OCc3ccccc3)s2)C(C)(c2ccccc2)O/C1=C(\C)C#N. The summed E-state index contributed by atoms with van der Waals surface area (Å²) in [7, 11) is 0. The standard InChI is InChI=1S/C44H45N3O2S/c1-6-8-28-47(29-9-7-2)37-22-20-35(41(30-37)48-32-34-16-12-10-13-17-34)21-23-38-24-25-39(50-38)26-27-40-42(46-5)43(33(3)31-45)49-44(40,4)36-18-14-11-15-19-36/h10-27,30H,6-9,28-29,32H2,1-4H3/b23-21+,27-26+,43-33+. The number of thiophene rings is 1. The number of hydrogen-bond donors (Lipinski definition) is 0. The summed E-state index contributed by atoms with van der Waals surface area (Å²) < 4.78 is 12.9. The third kappa shape index (κ3) is 8.64. The number of unbranched alkanes of at least 4 members (excludes halogenated alkanes) is 2. The molecule has 6 heteroatoms. The molecule has 0 radical (unpaired) electrons. The van der Waals surface area contributed by atoms with E-state index in [9.17, 15) is 5.26 Å². The Morgan fingerprint density at radius 3 is 2.16 bits per heavy atom. The van der Waals surface area contributed by atoms with Crippen LogP contribution in [0.15, 0.2) is 120 Å². The van der Waals surface area contributed by atoms with Gasteiger partial charge in [-0.1, -0.05) is 93.4 Å². The Morgan fingerprint density at radius 2 is 1.54 bits per heavy atom. The smallest absolute Gasteiger partial charge is 0.236 e. The van der Waals surface area contributed by atoms with Crippen LogP contribution in [0.25, 0.3) is 23.1 Å². The van der Waals surface area contributed by atoms with Crippen LogP contribution in [0, 0.1) is 17.9 Å². The summed E-state index contributed by atoms with van der Waals surface area (Å²) >= 11 is 1.67. The lowest BCUT2D eigenvalue weighted by molar-refractivity contribution is 0.0750. The fourth-order valence-corrected chi connectivity index (χ4v) is 6.77. The second-order valence-corrected chi connectivity index (χ2v) is 13.7. The number of ether oxygens (including phenoxy) is 2. The fraction of sp³-hybridized carbons (Fsp3) is 0.273. The summed E-state index contributed by atoms with van der Waals surface area (Å²) in [4.78, 5) is 8.47. The molecule has 0 saturated heterocycles. The number of hydrogen-bond acceptors (Lipinski definition) is 5. The Hall–Kier alpha value is -5.30. The highest BCUT2D eigenvalue weighted by Gasteiger charge is 2.43. The minimum absolute atomic E-state index is 0.346. The van der Waals surface area contributed by atoms with E-state index in [4.69, 9.17) is 16.0 Å². The zero-order valence-corrected chi connectivity index (χ0v) is 30.3. The second-order valence-electron chi connectivity index (χ2n) is 12.5. The Kier molecular flexibility index (Phi) is 12.5. The monoisotopic (exact) mass is 679 g/mol. The van der Waals surface area contributed by atoms with Crippen LogP contribution in [-0.4, -0.2) is 13.1 Å². The van der Waals surface area contributed by atoms with E-state index in [0.717, 1.165) is 76.5 Å². The van der Waals surface area contributed by atoms with Crippen LogP contribution in [0.2, 0.25) is 0 Å². The maximum atomic E-state index is 9.63. The molecule has 1 aliphatic heterocycles. The molecule has 5 nitrogen and oxygen atoms in total. The van der Waals surface area contributed by atoms with Crippen LogP contribution in [0.4, 0.5) is 5.69 Å². The molecule has 1 aliphatic rings. The van der Waals surface area contributed by atoms with E-state index in [1.165, 1.54) is 5.69 Å². The summed E-state index contributed by atoms with van der Waals surface area (Å²) in [6.07, 6.45) is 12.9.